The molecule has 0 amide bonds. The molecule has 0 radical (unpaired) electrons. The van der Waals surface area contributed by atoms with Gasteiger partial charge in [0.1, 0.15) is 5.76 Å². The Morgan fingerprint density at radius 3 is 2.82 bits per heavy atom. The van der Waals surface area contributed by atoms with Gasteiger partial charge in [-0.2, -0.15) is 0 Å². The lowest BCUT2D eigenvalue weighted by atomic mass is 10.2. The highest BCUT2D eigenvalue weighted by Gasteiger charge is 2.20. The molecule has 2 N–H and O–H groups in total. The van der Waals surface area contributed by atoms with Gasteiger partial charge in [0.25, 0.3) is 0 Å². The van der Waals surface area contributed by atoms with Crippen molar-refractivity contribution in [3.05, 3.63) is 35.4 Å². The highest BCUT2D eigenvalue weighted by atomic mass is 32.1. The Hall–Kier alpha value is -2.01. The van der Waals surface area contributed by atoms with E-state index in [1.807, 2.05) is 36.6 Å². The van der Waals surface area contributed by atoms with Crippen LogP contribution in [0.2, 0.25) is 0 Å². The van der Waals surface area contributed by atoms with E-state index < -0.39 is 0 Å². The fraction of sp³-hybridized carbons (Fsp3) is 0.0833. The second-order valence-corrected chi connectivity index (χ2v) is 4.61. The van der Waals surface area contributed by atoms with E-state index in [9.17, 15) is 0 Å². The van der Waals surface area contributed by atoms with Crippen LogP contribution in [-0.4, -0.2) is 5.16 Å². The van der Waals surface area contributed by atoms with Gasteiger partial charge in [-0.1, -0.05) is 11.2 Å². The van der Waals surface area contributed by atoms with Crippen LogP contribution in [0.1, 0.15) is 5.76 Å². The minimum atomic E-state index is 0.386. The van der Waals surface area contributed by atoms with Crippen LogP contribution in [0.4, 0.5) is 5.82 Å². The summed E-state index contributed by atoms with van der Waals surface area (Å²) in [4.78, 5) is 1.02. The van der Waals surface area contributed by atoms with Crippen molar-refractivity contribution >= 4 is 17.2 Å². The monoisotopic (exact) mass is 246 g/mol. The number of nitrogens with two attached hydrogens (primary N) is 1. The second kappa shape index (κ2) is 3.78. The maximum absolute atomic E-state index is 5.84. The van der Waals surface area contributed by atoms with E-state index >= 15 is 0 Å². The Kier molecular flexibility index (Phi) is 2.26. The highest BCUT2D eigenvalue weighted by Crippen LogP contribution is 2.39. The van der Waals surface area contributed by atoms with E-state index in [1.54, 1.807) is 11.3 Å². The molecule has 3 rings (SSSR count). The van der Waals surface area contributed by atoms with Crippen LogP contribution < -0.4 is 5.73 Å². The van der Waals surface area contributed by atoms with Crippen LogP contribution in [-0.2, 0) is 0 Å². The Bertz CT molecular complexity index is 637. The smallest absolute Gasteiger partial charge is 0.212 e. The average Bonchev–Trinajstić information content (AvgIpc) is 2.97. The summed E-state index contributed by atoms with van der Waals surface area (Å²) >= 11 is 1.59. The number of nitrogen functional groups attached to an aromatic ring is 1. The Labute approximate surface area is 102 Å². The first-order chi connectivity index (χ1) is 8.25. The summed E-state index contributed by atoms with van der Waals surface area (Å²) in [7, 11) is 0. The van der Waals surface area contributed by atoms with E-state index in [4.69, 9.17) is 14.7 Å². The lowest BCUT2D eigenvalue weighted by molar-refractivity contribution is 0.418. The quantitative estimate of drug-likeness (QED) is 0.750. The number of hydrogen-bond acceptors (Lipinski definition) is 5. The molecule has 0 bridgehead atoms. The zero-order valence-corrected chi connectivity index (χ0v) is 9.95. The van der Waals surface area contributed by atoms with Crippen molar-refractivity contribution in [3.8, 4) is 22.0 Å². The molecule has 0 unspecified atom stereocenters. The number of nitrogens with zero attached hydrogens (tertiary/aromatic N) is 1. The molecule has 5 heteroatoms. The molecule has 0 aromatic carbocycles. The first-order valence-electron chi connectivity index (χ1n) is 5.11. The standard InChI is InChI=1S/C12H10N2O2S/c1-7-4-5-8(15-7)11-10(12(13)14-16-11)9-3-2-6-17-9/h2-6H,1H3,(H2,13,14). The van der Waals surface area contributed by atoms with Gasteiger partial charge in [0.05, 0.1) is 5.56 Å². The van der Waals surface area contributed by atoms with E-state index in [0.29, 0.717) is 17.3 Å². The normalized spacial score (nSPS) is 10.9. The fourth-order valence-electron chi connectivity index (χ4n) is 1.69. The summed E-state index contributed by atoms with van der Waals surface area (Å²) in [5.74, 6) is 2.44. The number of anilines is 1. The molecule has 0 spiro atoms. The van der Waals surface area contributed by atoms with Gasteiger partial charge in [-0.05, 0) is 30.5 Å². The molecule has 4 nitrogen and oxygen atoms in total. The summed E-state index contributed by atoms with van der Waals surface area (Å²) in [5.41, 5.74) is 6.64. The SMILES string of the molecule is Cc1ccc(-c2onc(N)c2-c2cccs2)o1. The first-order valence-corrected chi connectivity index (χ1v) is 5.99. The van der Waals surface area contributed by atoms with Crippen LogP contribution >= 0.6 is 11.3 Å². The summed E-state index contributed by atoms with van der Waals surface area (Å²) in [6.45, 7) is 1.88. The molecule has 0 fully saturated rings. The topological polar surface area (TPSA) is 65.2 Å². The van der Waals surface area contributed by atoms with Gasteiger partial charge < -0.3 is 14.7 Å². The molecule has 0 saturated carbocycles. The van der Waals surface area contributed by atoms with Gasteiger partial charge >= 0.3 is 0 Å². The van der Waals surface area contributed by atoms with Gasteiger partial charge in [0.2, 0.25) is 5.76 Å². The fourth-order valence-corrected chi connectivity index (χ4v) is 2.46. The third kappa shape index (κ3) is 1.64. The summed E-state index contributed by atoms with van der Waals surface area (Å²) < 4.78 is 10.8. The molecule has 0 atom stereocenters. The van der Waals surface area contributed by atoms with Crippen molar-refractivity contribution in [3.63, 3.8) is 0 Å². The largest absolute Gasteiger partial charge is 0.458 e. The Morgan fingerprint density at radius 2 is 2.18 bits per heavy atom. The number of rotatable bonds is 2. The van der Waals surface area contributed by atoms with Crippen LogP contribution in [0.25, 0.3) is 22.0 Å². The maximum atomic E-state index is 5.84. The first kappa shape index (κ1) is 10.2. The zero-order chi connectivity index (χ0) is 11.8. The summed E-state index contributed by atoms with van der Waals surface area (Å²) in [6, 6.07) is 7.68. The second-order valence-electron chi connectivity index (χ2n) is 3.66. The van der Waals surface area contributed by atoms with Crippen molar-refractivity contribution in [2.45, 2.75) is 6.92 Å². The van der Waals surface area contributed by atoms with Crippen molar-refractivity contribution in [2.75, 3.05) is 5.73 Å². The van der Waals surface area contributed by atoms with E-state index in [1.165, 1.54) is 0 Å². The van der Waals surface area contributed by atoms with Gasteiger partial charge in [-0.3, -0.25) is 0 Å². The third-order valence-corrected chi connectivity index (χ3v) is 3.34. The highest BCUT2D eigenvalue weighted by molar-refractivity contribution is 7.13. The average molecular weight is 246 g/mol. The molecule has 3 aromatic rings. The van der Waals surface area contributed by atoms with E-state index in [2.05, 4.69) is 5.16 Å². The Balaban J connectivity index is 2.19. The van der Waals surface area contributed by atoms with Gasteiger partial charge in [-0.15, -0.1) is 11.3 Å². The molecule has 0 aliphatic carbocycles. The molecule has 17 heavy (non-hydrogen) atoms. The molecule has 0 saturated heterocycles. The van der Waals surface area contributed by atoms with Crippen molar-refractivity contribution in [2.24, 2.45) is 0 Å². The van der Waals surface area contributed by atoms with Crippen molar-refractivity contribution in [1.29, 1.82) is 0 Å². The number of furan rings is 1. The molecular weight excluding hydrogens is 236 g/mol. The van der Waals surface area contributed by atoms with Crippen molar-refractivity contribution < 1.29 is 8.94 Å². The van der Waals surface area contributed by atoms with Crippen molar-refractivity contribution in [1.82, 2.24) is 5.16 Å². The molecular formula is C12H10N2O2S. The lowest BCUT2D eigenvalue weighted by Crippen LogP contribution is -1.86. The number of hydrogen-bond donors (Lipinski definition) is 1. The van der Waals surface area contributed by atoms with E-state index in [0.717, 1.165) is 16.2 Å². The number of aryl methyl sites for hydroxylation is 1. The van der Waals surface area contributed by atoms with Gasteiger partial charge in [0, 0.05) is 4.88 Å². The van der Waals surface area contributed by atoms with E-state index in [-0.39, 0.29) is 0 Å². The minimum Gasteiger partial charge on any atom is -0.458 e. The van der Waals surface area contributed by atoms with Crippen LogP contribution in [0, 0.1) is 6.92 Å². The minimum absolute atomic E-state index is 0.386. The van der Waals surface area contributed by atoms with Crippen LogP contribution in [0.15, 0.2) is 38.6 Å². The van der Waals surface area contributed by atoms with Crippen LogP contribution in [0.5, 0.6) is 0 Å². The molecule has 86 valence electrons. The van der Waals surface area contributed by atoms with Crippen LogP contribution in [0.3, 0.4) is 0 Å². The lowest BCUT2D eigenvalue weighted by Gasteiger charge is -1.96. The Morgan fingerprint density at radius 1 is 1.29 bits per heavy atom. The predicted molar refractivity (Wildman–Crippen MR) is 66.7 cm³/mol. The predicted octanol–water partition coefficient (Wildman–Crippen LogP) is 3.55. The molecule has 3 heterocycles. The number of thiophene rings is 1. The number of aromatic nitrogens is 1. The summed E-state index contributed by atoms with van der Waals surface area (Å²) in [6.07, 6.45) is 0. The molecule has 3 aromatic heterocycles. The maximum Gasteiger partial charge on any atom is 0.212 e. The van der Waals surface area contributed by atoms with Gasteiger partial charge in [0.15, 0.2) is 11.6 Å². The summed E-state index contributed by atoms with van der Waals surface area (Å²) in [5, 5.41) is 5.79. The molecule has 0 aliphatic heterocycles. The van der Waals surface area contributed by atoms with Gasteiger partial charge in [-0.25, -0.2) is 0 Å². The zero-order valence-electron chi connectivity index (χ0n) is 9.14. The third-order valence-electron chi connectivity index (χ3n) is 2.45. The molecule has 0 aliphatic rings.